The number of imidazole rings is 1. The molecule has 0 bridgehead atoms. The first kappa shape index (κ1) is 25.1. The van der Waals surface area contributed by atoms with Crippen LogP contribution in [-0.2, 0) is 11.2 Å². The molecular weight excluding hydrogens is 506 g/mol. The van der Waals surface area contributed by atoms with Gasteiger partial charge in [-0.1, -0.05) is 6.92 Å². The number of hydrogen-bond donors (Lipinski definition) is 1. The second-order valence-electron chi connectivity index (χ2n) is 11.4. The number of nitrogens with one attached hydrogen (secondary N) is 1. The second-order valence-corrected chi connectivity index (χ2v) is 11.4. The van der Waals surface area contributed by atoms with E-state index in [2.05, 4.69) is 50.2 Å². The number of piperazine rings is 1. The van der Waals surface area contributed by atoms with Crippen molar-refractivity contribution in [3.05, 3.63) is 54.6 Å². The van der Waals surface area contributed by atoms with Crippen LogP contribution in [0.4, 0.5) is 17.2 Å². The average molecular weight is 542 g/mol. The maximum absolute atomic E-state index is 5.86. The Kier molecular flexibility index (Phi) is 6.44. The van der Waals surface area contributed by atoms with Crippen LogP contribution < -0.4 is 19.7 Å². The summed E-state index contributed by atoms with van der Waals surface area (Å²) >= 11 is 0. The molecule has 3 aliphatic rings. The van der Waals surface area contributed by atoms with Crippen LogP contribution in [0.15, 0.2) is 49.1 Å². The highest BCUT2D eigenvalue weighted by Gasteiger charge is 2.36. The van der Waals surface area contributed by atoms with Gasteiger partial charge in [0.05, 0.1) is 38.3 Å². The zero-order valence-corrected chi connectivity index (χ0v) is 23.1. The predicted octanol–water partition coefficient (Wildman–Crippen LogP) is 4.03. The first-order chi connectivity index (χ1) is 19.6. The van der Waals surface area contributed by atoms with Gasteiger partial charge in [0.15, 0.2) is 11.5 Å². The number of nitrogens with zero attached hydrogens (tertiary/aromatic N) is 6. The summed E-state index contributed by atoms with van der Waals surface area (Å²) in [4.78, 5) is 19.0. The zero-order valence-electron chi connectivity index (χ0n) is 23.1. The fourth-order valence-electron chi connectivity index (χ4n) is 5.91. The molecule has 7 rings (SSSR count). The standard InChI is InChI=1S/C30H35N7O3/c1-30(19-39-20-30)18-35-9-11-36(12-10-35)25-6-5-23(15-26(25)38-2)33-27-28-31-7-8-37(28)17-24(34-27)22-14-21-4-3-13-40-29(21)32-16-22/h5-8,14-17H,3-4,9-13,18-20H2,1-2H3,(H,33,34). The van der Waals surface area contributed by atoms with Gasteiger partial charge in [0.2, 0.25) is 5.88 Å². The maximum atomic E-state index is 5.86. The normalized spacial score (nSPS) is 18.6. The molecule has 0 saturated carbocycles. The number of aryl methyl sites for hydroxylation is 1. The number of hydrogen-bond acceptors (Lipinski definition) is 9. The number of anilines is 3. The molecule has 0 atom stereocenters. The summed E-state index contributed by atoms with van der Waals surface area (Å²) in [6.07, 6.45) is 9.50. The fraction of sp³-hybridized carbons (Fsp3) is 0.433. The fourth-order valence-corrected chi connectivity index (χ4v) is 5.91. The van der Waals surface area contributed by atoms with Gasteiger partial charge in [-0.2, -0.15) is 0 Å². The van der Waals surface area contributed by atoms with Gasteiger partial charge in [0.1, 0.15) is 5.75 Å². The largest absolute Gasteiger partial charge is 0.495 e. The Balaban J connectivity index is 1.11. The third-order valence-corrected chi connectivity index (χ3v) is 8.09. The van der Waals surface area contributed by atoms with Gasteiger partial charge in [-0.25, -0.2) is 15.0 Å². The zero-order chi connectivity index (χ0) is 27.1. The Bertz CT molecular complexity index is 1530. The van der Waals surface area contributed by atoms with E-state index in [0.717, 1.165) is 111 Å². The van der Waals surface area contributed by atoms with Crippen LogP contribution in [0.25, 0.3) is 16.9 Å². The third-order valence-electron chi connectivity index (χ3n) is 8.09. The van der Waals surface area contributed by atoms with Crippen LogP contribution >= 0.6 is 0 Å². The van der Waals surface area contributed by atoms with Crippen LogP contribution in [0.1, 0.15) is 18.9 Å². The van der Waals surface area contributed by atoms with E-state index in [1.54, 1.807) is 13.3 Å². The second kappa shape index (κ2) is 10.3. The smallest absolute Gasteiger partial charge is 0.216 e. The monoisotopic (exact) mass is 541 g/mol. The molecule has 40 heavy (non-hydrogen) atoms. The lowest BCUT2D eigenvalue weighted by Crippen LogP contribution is -2.54. The molecule has 0 radical (unpaired) electrons. The highest BCUT2D eigenvalue weighted by molar-refractivity contribution is 5.76. The minimum atomic E-state index is 0.309. The summed E-state index contributed by atoms with van der Waals surface area (Å²) in [6.45, 7) is 9.91. The van der Waals surface area contributed by atoms with Crippen molar-refractivity contribution in [2.75, 3.05) is 69.9 Å². The van der Waals surface area contributed by atoms with Crippen LogP contribution in [0.2, 0.25) is 0 Å². The van der Waals surface area contributed by atoms with Gasteiger partial charge in [0.25, 0.3) is 0 Å². The van der Waals surface area contributed by atoms with Crippen molar-refractivity contribution >= 4 is 22.8 Å². The van der Waals surface area contributed by atoms with Crippen molar-refractivity contribution in [1.29, 1.82) is 0 Å². The van der Waals surface area contributed by atoms with Crippen LogP contribution in [0.5, 0.6) is 11.6 Å². The molecular formula is C30H35N7O3. The van der Waals surface area contributed by atoms with Gasteiger partial charge < -0.3 is 28.8 Å². The Morgan fingerprint density at radius 2 is 1.98 bits per heavy atom. The minimum Gasteiger partial charge on any atom is -0.495 e. The highest BCUT2D eigenvalue weighted by atomic mass is 16.5. The summed E-state index contributed by atoms with van der Waals surface area (Å²) in [7, 11) is 1.73. The van der Waals surface area contributed by atoms with E-state index < -0.39 is 0 Å². The van der Waals surface area contributed by atoms with E-state index in [9.17, 15) is 0 Å². The molecule has 0 unspecified atom stereocenters. The molecule has 208 valence electrons. The first-order valence-corrected chi connectivity index (χ1v) is 14.0. The van der Waals surface area contributed by atoms with Gasteiger partial charge in [0, 0.05) is 85.8 Å². The molecule has 3 aliphatic heterocycles. The molecule has 1 N–H and O–H groups in total. The quantitative estimate of drug-likeness (QED) is 0.373. The number of aromatic nitrogens is 4. The topological polar surface area (TPSA) is 89.3 Å². The Hall–Kier alpha value is -3.89. The molecule has 0 amide bonds. The summed E-state index contributed by atoms with van der Waals surface area (Å²) < 4.78 is 19.0. The Morgan fingerprint density at radius 1 is 1.10 bits per heavy atom. The van der Waals surface area contributed by atoms with Crippen LogP contribution in [-0.4, -0.2) is 83.9 Å². The molecule has 10 nitrogen and oxygen atoms in total. The molecule has 10 heteroatoms. The molecule has 6 heterocycles. The number of methoxy groups -OCH3 is 1. The van der Waals surface area contributed by atoms with Gasteiger partial charge >= 0.3 is 0 Å². The van der Waals surface area contributed by atoms with Gasteiger partial charge in [-0.3, -0.25) is 4.90 Å². The lowest BCUT2D eigenvalue weighted by atomic mass is 9.88. The van der Waals surface area contributed by atoms with Crippen molar-refractivity contribution in [3.63, 3.8) is 0 Å². The molecule has 1 aromatic carbocycles. The first-order valence-electron chi connectivity index (χ1n) is 14.0. The van der Waals surface area contributed by atoms with E-state index in [0.29, 0.717) is 11.2 Å². The molecule has 4 aromatic rings. The maximum Gasteiger partial charge on any atom is 0.216 e. The predicted molar refractivity (Wildman–Crippen MR) is 154 cm³/mol. The minimum absolute atomic E-state index is 0.309. The number of pyridine rings is 1. The van der Waals surface area contributed by atoms with Crippen molar-refractivity contribution in [3.8, 4) is 22.9 Å². The number of benzene rings is 1. The van der Waals surface area contributed by atoms with Gasteiger partial charge in [-0.15, -0.1) is 0 Å². The molecule has 0 aliphatic carbocycles. The van der Waals surface area contributed by atoms with E-state index in [1.807, 2.05) is 29.1 Å². The highest BCUT2D eigenvalue weighted by Crippen LogP contribution is 2.35. The van der Waals surface area contributed by atoms with Crippen molar-refractivity contribution in [2.45, 2.75) is 19.8 Å². The Labute approximate surface area is 233 Å². The van der Waals surface area contributed by atoms with Crippen molar-refractivity contribution < 1.29 is 14.2 Å². The molecule has 2 saturated heterocycles. The summed E-state index contributed by atoms with van der Waals surface area (Å²) in [5.41, 5.74) is 5.96. The summed E-state index contributed by atoms with van der Waals surface area (Å²) in [6, 6.07) is 8.40. The number of fused-ring (bicyclic) bond motifs is 2. The molecule has 0 spiro atoms. The average Bonchev–Trinajstić information content (AvgIpc) is 3.46. The van der Waals surface area contributed by atoms with E-state index in [4.69, 9.17) is 19.2 Å². The lowest BCUT2D eigenvalue weighted by molar-refractivity contribution is -0.115. The SMILES string of the molecule is COc1cc(Nc2nc(-c3cnc4c(c3)CCCO4)cn3ccnc23)ccc1N1CCN(CC2(C)COC2)CC1. The van der Waals surface area contributed by atoms with Crippen LogP contribution in [0, 0.1) is 5.41 Å². The van der Waals surface area contributed by atoms with E-state index in [1.165, 1.54) is 0 Å². The van der Waals surface area contributed by atoms with Crippen molar-refractivity contribution in [1.82, 2.24) is 24.3 Å². The lowest BCUT2D eigenvalue weighted by Gasteiger charge is -2.44. The summed E-state index contributed by atoms with van der Waals surface area (Å²) in [5.74, 6) is 2.24. The number of rotatable bonds is 7. The van der Waals surface area contributed by atoms with Crippen LogP contribution in [0.3, 0.4) is 0 Å². The molecule has 2 fully saturated rings. The van der Waals surface area contributed by atoms with E-state index >= 15 is 0 Å². The Morgan fingerprint density at radius 3 is 2.77 bits per heavy atom. The van der Waals surface area contributed by atoms with Crippen molar-refractivity contribution in [2.24, 2.45) is 5.41 Å². The third kappa shape index (κ3) is 4.82. The van der Waals surface area contributed by atoms with E-state index in [-0.39, 0.29) is 0 Å². The summed E-state index contributed by atoms with van der Waals surface area (Å²) in [5, 5.41) is 3.50. The number of ether oxygens (including phenoxy) is 3. The van der Waals surface area contributed by atoms with Gasteiger partial charge in [-0.05, 0) is 31.0 Å². The molecule has 3 aromatic heterocycles.